The number of hydrogen-bond acceptors (Lipinski definition) is 5. The van der Waals surface area contributed by atoms with Crippen LogP contribution in [0.15, 0.2) is 29.2 Å². The molecule has 8 nitrogen and oxygen atoms in total. The summed E-state index contributed by atoms with van der Waals surface area (Å²) >= 11 is 0. The average molecular weight is 352 g/mol. The number of ether oxygens (including phenoxy) is 1. The molecule has 1 amide bonds. The number of nitrogens with one attached hydrogen (secondary N) is 1. The Kier molecular flexibility index (Phi) is 5.25. The highest BCUT2D eigenvalue weighted by Crippen LogP contribution is 2.22. The van der Waals surface area contributed by atoms with Crippen LogP contribution in [0.2, 0.25) is 0 Å². The largest absolute Gasteiger partial charge is 0.493 e. The zero-order valence-electron chi connectivity index (χ0n) is 13.7. The van der Waals surface area contributed by atoms with Crippen molar-refractivity contribution < 1.29 is 17.9 Å². The van der Waals surface area contributed by atoms with Gasteiger partial charge in [0.05, 0.1) is 35.0 Å². The molecule has 0 saturated heterocycles. The molecule has 1 heterocycles. The molecule has 1 aromatic heterocycles. The average Bonchev–Trinajstić information content (AvgIpc) is 2.83. The molecule has 0 bridgehead atoms. The predicted octanol–water partition coefficient (Wildman–Crippen LogP) is 0.705. The Balaban J connectivity index is 2.27. The Morgan fingerprint density at radius 1 is 1.38 bits per heavy atom. The van der Waals surface area contributed by atoms with Gasteiger partial charge in [-0.25, -0.2) is 13.1 Å². The first-order valence-corrected chi connectivity index (χ1v) is 8.78. The molecule has 0 aliphatic heterocycles. The van der Waals surface area contributed by atoms with Gasteiger partial charge in [-0.05, 0) is 38.1 Å². The van der Waals surface area contributed by atoms with E-state index in [1.807, 2.05) is 6.92 Å². The monoisotopic (exact) mass is 352 g/mol. The van der Waals surface area contributed by atoms with Gasteiger partial charge in [0.25, 0.3) is 5.91 Å². The van der Waals surface area contributed by atoms with Gasteiger partial charge in [-0.2, -0.15) is 5.10 Å². The smallest absolute Gasteiger partial charge is 0.252 e. The molecule has 2 rings (SSSR count). The third-order valence-electron chi connectivity index (χ3n) is 3.37. The molecule has 9 heteroatoms. The van der Waals surface area contributed by atoms with E-state index in [0.29, 0.717) is 6.61 Å². The summed E-state index contributed by atoms with van der Waals surface area (Å²) in [6.07, 6.45) is 0. The van der Waals surface area contributed by atoms with E-state index in [1.54, 1.807) is 24.7 Å². The number of aryl methyl sites for hydroxylation is 2. The highest BCUT2D eigenvalue weighted by atomic mass is 32.2. The summed E-state index contributed by atoms with van der Waals surface area (Å²) in [7, 11) is -2.07. The molecule has 0 aliphatic rings. The molecule has 1 aromatic carbocycles. The van der Waals surface area contributed by atoms with Gasteiger partial charge in [0.1, 0.15) is 5.75 Å². The number of rotatable bonds is 7. The van der Waals surface area contributed by atoms with Crippen molar-refractivity contribution in [3.05, 3.63) is 41.2 Å². The van der Waals surface area contributed by atoms with Gasteiger partial charge < -0.3 is 10.5 Å². The summed E-state index contributed by atoms with van der Waals surface area (Å²) in [5.74, 6) is -0.496. The Morgan fingerprint density at radius 2 is 2.08 bits per heavy atom. The maximum atomic E-state index is 12.4. The number of primary amides is 1. The van der Waals surface area contributed by atoms with E-state index in [1.165, 1.54) is 18.2 Å². The lowest BCUT2D eigenvalue weighted by Crippen LogP contribution is -2.25. The molecule has 2 aromatic rings. The minimum Gasteiger partial charge on any atom is -0.493 e. The van der Waals surface area contributed by atoms with E-state index in [0.717, 1.165) is 11.4 Å². The SMILES string of the molecule is CCOc1ccc(S(=O)(=O)NCc2cc(C)nn2C)cc1C(N)=O. The maximum absolute atomic E-state index is 12.4. The third-order valence-corrected chi connectivity index (χ3v) is 4.77. The van der Waals surface area contributed by atoms with Crippen LogP contribution >= 0.6 is 0 Å². The molecule has 0 saturated carbocycles. The van der Waals surface area contributed by atoms with Gasteiger partial charge >= 0.3 is 0 Å². The normalized spacial score (nSPS) is 11.5. The zero-order chi connectivity index (χ0) is 17.9. The first-order chi connectivity index (χ1) is 11.2. The van der Waals surface area contributed by atoms with Crippen molar-refractivity contribution in [3.8, 4) is 5.75 Å². The molecule has 130 valence electrons. The number of hydrogen-bond donors (Lipinski definition) is 2. The van der Waals surface area contributed by atoms with Crippen LogP contribution in [0.1, 0.15) is 28.7 Å². The van der Waals surface area contributed by atoms with E-state index in [2.05, 4.69) is 9.82 Å². The molecule has 0 aliphatic carbocycles. The lowest BCUT2D eigenvalue weighted by molar-refractivity contribution is 0.0996. The Labute approximate surface area is 140 Å². The second-order valence-electron chi connectivity index (χ2n) is 5.18. The van der Waals surface area contributed by atoms with Crippen LogP contribution in [0.5, 0.6) is 5.75 Å². The van der Waals surface area contributed by atoms with Crippen molar-refractivity contribution in [2.45, 2.75) is 25.3 Å². The van der Waals surface area contributed by atoms with E-state index in [4.69, 9.17) is 10.5 Å². The molecule has 3 N–H and O–H groups in total. The second kappa shape index (κ2) is 7.02. The lowest BCUT2D eigenvalue weighted by atomic mass is 10.2. The minimum atomic E-state index is -3.81. The number of amides is 1. The fourth-order valence-corrected chi connectivity index (χ4v) is 3.26. The summed E-state index contributed by atoms with van der Waals surface area (Å²) in [6, 6.07) is 5.79. The standard InChI is InChI=1S/C15H20N4O4S/c1-4-23-14-6-5-12(8-13(14)15(16)20)24(21,22)17-9-11-7-10(2)18-19(11)3/h5-8,17H,4,9H2,1-3H3,(H2,16,20). The summed E-state index contributed by atoms with van der Waals surface area (Å²) in [5, 5.41) is 4.16. The quantitative estimate of drug-likeness (QED) is 0.761. The molecule has 0 fully saturated rings. The molecule has 0 unspecified atom stereocenters. The molecule has 0 spiro atoms. The number of benzene rings is 1. The molecular formula is C15H20N4O4S. The highest BCUT2D eigenvalue weighted by Gasteiger charge is 2.19. The minimum absolute atomic E-state index is 0.0242. The Hall–Kier alpha value is -2.39. The van der Waals surface area contributed by atoms with Crippen molar-refractivity contribution in [2.24, 2.45) is 12.8 Å². The van der Waals surface area contributed by atoms with Crippen LogP contribution in [0.3, 0.4) is 0 Å². The fraction of sp³-hybridized carbons (Fsp3) is 0.333. The van der Waals surface area contributed by atoms with Gasteiger partial charge in [-0.1, -0.05) is 0 Å². The van der Waals surface area contributed by atoms with Crippen LogP contribution < -0.4 is 15.2 Å². The zero-order valence-corrected chi connectivity index (χ0v) is 14.6. The third kappa shape index (κ3) is 3.92. The van der Waals surface area contributed by atoms with Crippen LogP contribution in [-0.4, -0.2) is 30.7 Å². The number of aromatic nitrogens is 2. The van der Waals surface area contributed by atoms with Gasteiger partial charge in [0.2, 0.25) is 10.0 Å². The van der Waals surface area contributed by atoms with Crippen LogP contribution in [0.25, 0.3) is 0 Å². The molecule has 0 radical (unpaired) electrons. The number of nitrogens with zero attached hydrogens (tertiary/aromatic N) is 2. The summed E-state index contributed by atoms with van der Waals surface area (Å²) < 4.78 is 34.2. The topological polar surface area (TPSA) is 116 Å². The number of sulfonamides is 1. The molecule has 0 atom stereocenters. The van der Waals surface area contributed by atoms with Crippen molar-refractivity contribution in [1.29, 1.82) is 0 Å². The summed E-state index contributed by atoms with van der Waals surface area (Å²) in [5.41, 5.74) is 6.84. The van der Waals surface area contributed by atoms with Gasteiger partial charge in [-0.15, -0.1) is 0 Å². The number of carbonyl (C=O) groups excluding carboxylic acids is 1. The Morgan fingerprint density at radius 3 is 2.62 bits per heavy atom. The van der Waals surface area contributed by atoms with Gasteiger partial charge in [0, 0.05) is 7.05 Å². The Bertz CT molecular complexity index is 858. The summed E-state index contributed by atoms with van der Waals surface area (Å²) in [6.45, 7) is 4.00. The van der Waals surface area contributed by atoms with Crippen LogP contribution in [0, 0.1) is 6.92 Å². The van der Waals surface area contributed by atoms with Crippen LogP contribution in [-0.2, 0) is 23.6 Å². The van der Waals surface area contributed by atoms with Crippen molar-refractivity contribution in [1.82, 2.24) is 14.5 Å². The van der Waals surface area contributed by atoms with E-state index in [-0.39, 0.29) is 22.8 Å². The molecule has 24 heavy (non-hydrogen) atoms. The van der Waals surface area contributed by atoms with E-state index < -0.39 is 15.9 Å². The van der Waals surface area contributed by atoms with Gasteiger partial charge in [-0.3, -0.25) is 9.48 Å². The van der Waals surface area contributed by atoms with Crippen molar-refractivity contribution >= 4 is 15.9 Å². The molecular weight excluding hydrogens is 332 g/mol. The van der Waals surface area contributed by atoms with Crippen molar-refractivity contribution in [3.63, 3.8) is 0 Å². The first-order valence-electron chi connectivity index (χ1n) is 7.30. The first kappa shape index (κ1) is 18.0. The van der Waals surface area contributed by atoms with Crippen molar-refractivity contribution in [2.75, 3.05) is 6.61 Å². The van der Waals surface area contributed by atoms with E-state index >= 15 is 0 Å². The predicted molar refractivity (Wildman–Crippen MR) is 88.1 cm³/mol. The summed E-state index contributed by atoms with van der Waals surface area (Å²) in [4.78, 5) is 11.5. The number of nitrogens with two attached hydrogens (primary N) is 1. The fourth-order valence-electron chi connectivity index (χ4n) is 2.23. The van der Waals surface area contributed by atoms with E-state index in [9.17, 15) is 13.2 Å². The lowest BCUT2D eigenvalue weighted by Gasteiger charge is -2.11. The van der Waals surface area contributed by atoms with Crippen LogP contribution in [0.4, 0.5) is 0 Å². The highest BCUT2D eigenvalue weighted by molar-refractivity contribution is 7.89. The number of carbonyl (C=O) groups is 1. The second-order valence-corrected chi connectivity index (χ2v) is 6.95. The van der Waals surface area contributed by atoms with Gasteiger partial charge in [0.15, 0.2) is 0 Å². The maximum Gasteiger partial charge on any atom is 0.252 e.